The molecule has 0 bridgehead atoms. The van der Waals surface area contributed by atoms with Crippen molar-refractivity contribution in [3.05, 3.63) is 59.9 Å². The number of carbonyl (C=O) groups excluding carboxylic acids is 2. The van der Waals surface area contributed by atoms with Crippen LogP contribution in [0.2, 0.25) is 0 Å². The first kappa shape index (κ1) is 20.4. The Hall–Kier alpha value is -2.89. The van der Waals surface area contributed by atoms with Gasteiger partial charge in [0, 0.05) is 0 Å². The van der Waals surface area contributed by atoms with Gasteiger partial charge in [-0.05, 0) is 42.7 Å². The molecule has 0 fully saturated rings. The van der Waals surface area contributed by atoms with E-state index < -0.39 is 23.7 Å². The van der Waals surface area contributed by atoms with Crippen LogP contribution in [0.25, 0.3) is 0 Å². The average molecular weight is 372 g/mol. The standard InChI is InChI=1S/C21H25FN2O3/c1-13(2)19(15-9-11-16(27-4)12-10-15)21(26)23-14(3)20(25)24-18-8-6-5-7-17(18)22/h5-14,19H,1-4H3,(H,23,26)(H,24,25). The van der Waals surface area contributed by atoms with Gasteiger partial charge in [0.2, 0.25) is 11.8 Å². The van der Waals surface area contributed by atoms with Crippen LogP contribution in [0.4, 0.5) is 10.1 Å². The highest BCUT2D eigenvalue weighted by Crippen LogP contribution is 2.26. The third-order valence-corrected chi connectivity index (χ3v) is 4.31. The first-order valence-electron chi connectivity index (χ1n) is 8.83. The van der Waals surface area contributed by atoms with E-state index in [1.165, 1.54) is 18.2 Å². The predicted octanol–water partition coefficient (Wildman–Crippen LogP) is 3.72. The normalized spacial score (nSPS) is 13.0. The van der Waals surface area contributed by atoms with E-state index in [-0.39, 0.29) is 17.5 Å². The van der Waals surface area contributed by atoms with Crippen LogP contribution in [-0.2, 0) is 9.59 Å². The summed E-state index contributed by atoms with van der Waals surface area (Å²) in [5.41, 5.74) is 0.921. The van der Waals surface area contributed by atoms with Crippen molar-refractivity contribution in [2.24, 2.45) is 5.92 Å². The lowest BCUT2D eigenvalue weighted by Crippen LogP contribution is -2.44. The van der Waals surface area contributed by atoms with Gasteiger partial charge < -0.3 is 15.4 Å². The Morgan fingerprint density at radius 3 is 2.15 bits per heavy atom. The fourth-order valence-electron chi connectivity index (χ4n) is 2.82. The van der Waals surface area contributed by atoms with Gasteiger partial charge in [0.1, 0.15) is 17.6 Å². The molecule has 5 nitrogen and oxygen atoms in total. The van der Waals surface area contributed by atoms with Crippen molar-refractivity contribution in [3.8, 4) is 5.75 Å². The number of benzene rings is 2. The van der Waals surface area contributed by atoms with E-state index in [9.17, 15) is 14.0 Å². The molecule has 0 aliphatic carbocycles. The Morgan fingerprint density at radius 2 is 1.59 bits per heavy atom. The first-order valence-corrected chi connectivity index (χ1v) is 8.83. The van der Waals surface area contributed by atoms with E-state index >= 15 is 0 Å². The van der Waals surface area contributed by atoms with Gasteiger partial charge in [0.15, 0.2) is 0 Å². The van der Waals surface area contributed by atoms with Crippen LogP contribution in [0.3, 0.4) is 0 Å². The molecule has 2 atom stereocenters. The topological polar surface area (TPSA) is 67.4 Å². The summed E-state index contributed by atoms with van der Waals surface area (Å²) in [6.45, 7) is 5.45. The van der Waals surface area contributed by atoms with Crippen molar-refractivity contribution in [1.82, 2.24) is 5.32 Å². The molecule has 0 saturated carbocycles. The average Bonchev–Trinajstić information content (AvgIpc) is 2.64. The number of methoxy groups -OCH3 is 1. The minimum absolute atomic E-state index is 0.0280. The molecule has 0 heterocycles. The van der Waals surface area contributed by atoms with Gasteiger partial charge >= 0.3 is 0 Å². The molecular formula is C21H25FN2O3. The van der Waals surface area contributed by atoms with Crippen LogP contribution in [0.1, 0.15) is 32.3 Å². The number of amides is 2. The van der Waals surface area contributed by atoms with Crippen LogP contribution in [-0.4, -0.2) is 25.0 Å². The molecule has 27 heavy (non-hydrogen) atoms. The first-order chi connectivity index (χ1) is 12.8. The molecule has 2 aromatic carbocycles. The van der Waals surface area contributed by atoms with E-state index in [4.69, 9.17) is 4.74 Å². The highest BCUT2D eigenvalue weighted by Gasteiger charge is 2.27. The molecule has 0 aliphatic rings. The Labute approximate surface area is 158 Å². The van der Waals surface area contributed by atoms with Gasteiger partial charge in [0.25, 0.3) is 0 Å². The van der Waals surface area contributed by atoms with E-state index in [1.54, 1.807) is 32.2 Å². The molecule has 0 aromatic heterocycles. The number of hydrogen-bond donors (Lipinski definition) is 2. The number of rotatable bonds is 7. The minimum atomic E-state index is -0.809. The summed E-state index contributed by atoms with van der Waals surface area (Å²) in [4.78, 5) is 25.1. The zero-order chi connectivity index (χ0) is 20.0. The van der Waals surface area contributed by atoms with Crippen molar-refractivity contribution in [1.29, 1.82) is 0 Å². The summed E-state index contributed by atoms with van der Waals surface area (Å²) in [5.74, 6) is -0.946. The Kier molecular flexibility index (Phi) is 6.93. The number of para-hydroxylation sites is 1. The monoisotopic (exact) mass is 372 g/mol. The van der Waals surface area contributed by atoms with Gasteiger partial charge in [-0.25, -0.2) is 4.39 Å². The lowest BCUT2D eigenvalue weighted by molar-refractivity contribution is -0.127. The molecule has 0 radical (unpaired) electrons. The van der Waals surface area contributed by atoms with Crippen molar-refractivity contribution < 1.29 is 18.7 Å². The second-order valence-electron chi connectivity index (χ2n) is 6.69. The number of anilines is 1. The highest BCUT2D eigenvalue weighted by atomic mass is 19.1. The molecule has 2 N–H and O–H groups in total. The third kappa shape index (κ3) is 5.29. The lowest BCUT2D eigenvalue weighted by Gasteiger charge is -2.23. The molecule has 2 unspecified atom stereocenters. The second kappa shape index (κ2) is 9.16. The van der Waals surface area contributed by atoms with Gasteiger partial charge in [-0.3, -0.25) is 9.59 Å². The number of halogens is 1. The molecule has 144 valence electrons. The largest absolute Gasteiger partial charge is 0.497 e. The molecule has 6 heteroatoms. The van der Waals surface area contributed by atoms with E-state index in [2.05, 4.69) is 10.6 Å². The van der Waals surface area contributed by atoms with E-state index in [1.807, 2.05) is 26.0 Å². The van der Waals surface area contributed by atoms with Crippen LogP contribution < -0.4 is 15.4 Å². The Morgan fingerprint density at radius 1 is 0.963 bits per heavy atom. The van der Waals surface area contributed by atoms with Crippen LogP contribution in [0.5, 0.6) is 5.75 Å². The van der Waals surface area contributed by atoms with Gasteiger partial charge in [-0.15, -0.1) is 0 Å². The minimum Gasteiger partial charge on any atom is -0.497 e. The smallest absolute Gasteiger partial charge is 0.246 e. The zero-order valence-corrected chi connectivity index (χ0v) is 16.0. The van der Waals surface area contributed by atoms with E-state index in [0.717, 1.165) is 5.56 Å². The highest BCUT2D eigenvalue weighted by molar-refractivity contribution is 5.97. The summed E-state index contributed by atoms with van der Waals surface area (Å²) in [6, 6.07) is 12.4. The molecular weight excluding hydrogens is 347 g/mol. The molecule has 0 aliphatic heterocycles. The third-order valence-electron chi connectivity index (χ3n) is 4.31. The summed E-state index contributed by atoms with van der Waals surface area (Å²) >= 11 is 0. The lowest BCUT2D eigenvalue weighted by atomic mass is 9.87. The predicted molar refractivity (Wildman–Crippen MR) is 103 cm³/mol. The fraction of sp³-hybridized carbons (Fsp3) is 0.333. The Balaban J connectivity index is 2.07. The Bertz CT molecular complexity index is 790. The van der Waals surface area contributed by atoms with Crippen molar-refractivity contribution in [3.63, 3.8) is 0 Å². The molecule has 0 spiro atoms. The number of ether oxygens (including phenoxy) is 1. The van der Waals surface area contributed by atoms with E-state index in [0.29, 0.717) is 5.75 Å². The van der Waals surface area contributed by atoms with Crippen molar-refractivity contribution in [2.75, 3.05) is 12.4 Å². The SMILES string of the molecule is COc1ccc(C(C(=O)NC(C)C(=O)Nc2ccccc2F)C(C)C)cc1. The van der Waals surface area contributed by atoms with Crippen LogP contribution >= 0.6 is 0 Å². The summed E-state index contributed by atoms with van der Waals surface area (Å²) in [7, 11) is 1.58. The molecule has 2 amide bonds. The molecule has 2 aromatic rings. The van der Waals surface area contributed by atoms with Crippen LogP contribution in [0.15, 0.2) is 48.5 Å². The second-order valence-corrected chi connectivity index (χ2v) is 6.69. The van der Waals surface area contributed by atoms with Crippen molar-refractivity contribution >= 4 is 17.5 Å². The number of carbonyl (C=O) groups is 2. The summed E-state index contributed by atoms with van der Waals surface area (Å²) < 4.78 is 18.8. The van der Waals surface area contributed by atoms with Gasteiger partial charge in [-0.2, -0.15) is 0 Å². The van der Waals surface area contributed by atoms with Gasteiger partial charge in [-0.1, -0.05) is 38.1 Å². The number of hydrogen-bond acceptors (Lipinski definition) is 3. The maximum atomic E-state index is 13.7. The maximum Gasteiger partial charge on any atom is 0.246 e. The quantitative estimate of drug-likeness (QED) is 0.778. The molecule has 2 rings (SSSR count). The summed E-state index contributed by atoms with van der Waals surface area (Å²) in [5, 5.41) is 5.22. The summed E-state index contributed by atoms with van der Waals surface area (Å²) in [6.07, 6.45) is 0. The van der Waals surface area contributed by atoms with Crippen LogP contribution in [0, 0.1) is 11.7 Å². The maximum absolute atomic E-state index is 13.7. The van der Waals surface area contributed by atoms with Crippen molar-refractivity contribution in [2.45, 2.75) is 32.7 Å². The molecule has 0 saturated heterocycles. The fourth-order valence-corrected chi connectivity index (χ4v) is 2.82. The van der Waals surface area contributed by atoms with Gasteiger partial charge in [0.05, 0.1) is 18.7 Å². The number of nitrogens with one attached hydrogen (secondary N) is 2. The zero-order valence-electron chi connectivity index (χ0n) is 16.0.